The Hall–Kier alpha value is 0.114. The van der Waals surface area contributed by atoms with Gasteiger partial charge >= 0.3 is 17.6 Å². The van der Waals surface area contributed by atoms with Gasteiger partial charge in [-0.1, -0.05) is 6.42 Å². The Morgan fingerprint density at radius 3 is 2.25 bits per heavy atom. The number of aliphatic hydroxyl groups excluding tert-OH is 1. The molecule has 3 saturated heterocycles. The summed E-state index contributed by atoms with van der Waals surface area (Å²) in [7, 11) is -0.509. The third-order valence-corrected chi connectivity index (χ3v) is 9.85. The van der Waals surface area contributed by atoms with Crippen LogP contribution in [-0.4, -0.2) is 94.1 Å². The monoisotopic (exact) mass is 381 g/mol. The van der Waals surface area contributed by atoms with Gasteiger partial charge in [-0.05, 0) is 12.8 Å². The number of nitrogens with zero attached hydrogens (tertiary/aromatic N) is 1. The van der Waals surface area contributed by atoms with E-state index in [1.807, 2.05) is 0 Å². The highest BCUT2D eigenvalue weighted by Crippen LogP contribution is 2.23. The van der Waals surface area contributed by atoms with Crippen LogP contribution in [-0.2, 0) is 26.6 Å². The Morgan fingerprint density at radius 2 is 1.71 bits per heavy atom. The molecule has 3 heterocycles. The first kappa shape index (κ1) is 20.4. The van der Waals surface area contributed by atoms with Crippen molar-refractivity contribution in [1.82, 2.24) is 4.90 Å². The first-order valence-electron chi connectivity index (χ1n) is 8.55. The van der Waals surface area contributed by atoms with Crippen LogP contribution in [0.25, 0.3) is 0 Å². The normalized spacial score (nSPS) is 31.5. The zero-order valence-electron chi connectivity index (χ0n) is 15.0. The van der Waals surface area contributed by atoms with Gasteiger partial charge in [-0.25, -0.2) is 0 Å². The fraction of sp³-hybridized carbons (Fsp3) is 1.00. The number of fused-ring (bicyclic) bond motifs is 6. The van der Waals surface area contributed by atoms with Crippen molar-refractivity contribution in [3.05, 3.63) is 0 Å². The highest BCUT2D eigenvalue weighted by Gasteiger charge is 2.46. The molecule has 0 saturated carbocycles. The van der Waals surface area contributed by atoms with Gasteiger partial charge in [0.2, 0.25) is 0 Å². The van der Waals surface area contributed by atoms with E-state index in [-0.39, 0.29) is 12.3 Å². The Morgan fingerprint density at radius 1 is 1.08 bits per heavy atom. The van der Waals surface area contributed by atoms with Crippen LogP contribution >= 0.6 is 0 Å². The Bertz CT molecular complexity index is 355. The molecule has 3 rings (SSSR count). The molecule has 1 atom stereocenters. The number of aliphatic hydroxyl groups is 1. The maximum Gasteiger partial charge on any atom is 0.528 e. The molecule has 0 amide bonds. The molecular weight excluding hydrogens is 350 g/mol. The molecule has 0 aromatic heterocycles. The standard InChI is InChI=1S/C14H31NO7Si2/c1-17-23(18-2,19-3)11-5-4-6-14-12-15-7-9-20-24(13-16,22-14)21-10-8-15/h14,16H,4-13H2,1-3H3. The van der Waals surface area contributed by atoms with Gasteiger partial charge in [0.15, 0.2) is 0 Å². The van der Waals surface area contributed by atoms with Gasteiger partial charge < -0.3 is 31.7 Å². The van der Waals surface area contributed by atoms with Crippen molar-refractivity contribution in [2.45, 2.75) is 31.4 Å². The number of hydrogen-bond donors (Lipinski definition) is 1. The lowest BCUT2D eigenvalue weighted by molar-refractivity contribution is -0.0527. The molecule has 0 spiro atoms. The summed E-state index contributed by atoms with van der Waals surface area (Å²) < 4.78 is 34.0. The van der Waals surface area contributed by atoms with Crippen molar-refractivity contribution >= 4 is 17.6 Å². The molecule has 10 heteroatoms. The van der Waals surface area contributed by atoms with Crippen LogP contribution < -0.4 is 0 Å². The predicted octanol–water partition coefficient (Wildman–Crippen LogP) is 0.253. The quantitative estimate of drug-likeness (QED) is 0.450. The SMILES string of the molecule is CO[Si](CCCCC1CN2CCO[Si](CO)(OCC2)O1)(OC)OC. The summed E-state index contributed by atoms with van der Waals surface area (Å²) in [5.74, 6) is 0. The Kier molecular flexibility index (Phi) is 8.27. The van der Waals surface area contributed by atoms with Crippen LogP contribution in [0.15, 0.2) is 0 Å². The zero-order chi connectivity index (χ0) is 17.5. The van der Waals surface area contributed by atoms with E-state index in [2.05, 4.69) is 4.90 Å². The van der Waals surface area contributed by atoms with Crippen LogP contribution in [0.4, 0.5) is 0 Å². The van der Waals surface area contributed by atoms with Gasteiger partial charge in [0.25, 0.3) is 0 Å². The second-order valence-electron chi connectivity index (χ2n) is 6.12. The van der Waals surface area contributed by atoms with Crippen LogP contribution in [0.5, 0.6) is 0 Å². The molecule has 1 unspecified atom stereocenters. The van der Waals surface area contributed by atoms with Crippen molar-refractivity contribution < 1.29 is 31.7 Å². The number of unbranched alkanes of at least 4 members (excludes halogenated alkanes) is 1. The fourth-order valence-corrected chi connectivity index (χ4v) is 6.97. The van der Waals surface area contributed by atoms with Crippen LogP contribution in [0.2, 0.25) is 6.04 Å². The van der Waals surface area contributed by atoms with E-state index in [4.69, 9.17) is 26.6 Å². The predicted molar refractivity (Wildman–Crippen MR) is 91.5 cm³/mol. The number of hydrogen-bond acceptors (Lipinski definition) is 8. The van der Waals surface area contributed by atoms with Crippen molar-refractivity contribution in [3.8, 4) is 0 Å². The van der Waals surface area contributed by atoms with Gasteiger partial charge in [-0.3, -0.25) is 4.90 Å². The first-order valence-corrected chi connectivity index (χ1v) is 12.4. The molecule has 0 aromatic carbocycles. The smallest absolute Gasteiger partial charge is 0.392 e. The second-order valence-corrected chi connectivity index (χ2v) is 11.7. The maximum atomic E-state index is 9.73. The minimum absolute atomic E-state index is 0.0214. The zero-order valence-corrected chi connectivity index (χ0v) is 17.0. The highest BCUT2D eigenvalue weighted by molar-refractivity contribution is 6.61. The summed E-state index contributed by atoms with van der Waals surface area (Å²) in [4.78, 5) is 2.30. The summed E-state index contributed by atoms with van der Waals surface area (Å²) >= 11 is 0. The lowest BCUT2D eigenvalue weighted by Gasteiger charge is -2.41. The summed E-state index contributed by atoms with van der Waals surface area (Å²) in [5.41, 5.74) is 0. The second kappa shape index (κ2) is 9.71. The van der Waals surface area contributed by atoms with Gasteiger partial charge in [0.1, 0.15) is 6.23 Å². The van der Waals surface area contributed by atoms with Crippen LogP contribution in [0.1, 0.15) is 19.3 Å². The molecule has 24 heavy (non-hydrogen) atoms. The van der Waals surface area contributed by atoms with E-state index >= 15 is 0 Å². The van der Waals surface area contributed by atoms with Crippen LogP contribution in [0, 0.1) is 0 Å². The maximum absolute atomic E-state index is 9.73. The minimum Gasteiger partial charge on any atom is -0.392 e. The van der Waals surface area contributed by atoms with Gasteiger partial charge in [-0.15, -0.1) is 0 Å². The summed E-state index contributed by atoms with van der Waals surface area (Å²) in [6.07, 6.45) is 2.67. The van der Waals surface area contributed by atoms with Crippen molar-refractivity contribution in [2.75, 3.05) is 60.4 Å². The van der Waals surface area contributed by atoms with E-state index < -0.39 is 17.6 Å². The first-order chi connectivity index (χ1) is 11.6. The fourth-order valence-electron chi connectivity index (χ4n) is 3.19. The van der Waals surface area contributed by atoms with Crippen molar-refractivity contribution in [3.63, 3.8) is 0 Å². The topological polar surface area (TPSA) is 78.9 Å². The lowest BCUT2D eigenvalue weighted by atomic mass is 10.1. The third kappa shape index (κ3) is 5.30. The average Bonchev–Trinajstić information content (AvgIpc) is 2.56. The summed E-state index contributed by atoms with van der Waals surface area (Å²) in [6.45, 7) is 3.71. The van der Waals surface area contributed by atoms with E-state index in [9.17, 15) is 5.11 Å². The van der Waals surface area contributed by atoms with Gasteiger partial charge in [0.05, 0.1) is 19.3 Å². The molecule has 2 bridgehead atoms. The highest BCUT2D eigenvalue weighted by atomic mass is 28.4. The average molecular weight is 382 g/mol. The minimum atomic E-state index is -2.92. The molecule has 0 radical (unpaired) electrons. The largest absolute Gasteiger partial charge is 0.528 e. The van der Waals surface area contributed by atoms with E-state index in [0.717, 1.165) is 44.9 Å². The molecule has 3 fully saturated rings. The Balaban J connectivity index is 1.85. The Labute approximate surface area is 146 Å². The third-order valence-electron chi connectivity index (χ3n) is 4.65. The van der Waals surface area contributed by atoms with E-state index in [1.165, 1.54) is 0 Å². The summed E-state index contributed by atoms with van der Waals surface area (Å²) in [6, 6.07) is 0.780. The van der Waals surface area contributed by atoms with Gasteiger partial charge in [0, 0.05) is 47.0 Å². The molecule has 0 aromatic rings. The molecule has 1 N–H and O–H groups in total. The molecule has 3 aliphatic heterocycles. The number of rotatable bonds is 9. The molecule has 142 valence electrons. The van der Waals surface area contributed by atoms with Gasteiger partial charge in [-0.2, -0.15) is 0 Å². The summed E-state index contributed by atoms with van der Waals surface area (Å²) in [5, 5.41) is 9.73. The lowest BCUT2D eigenvalue weighted by Crippen LogP contribution is -2.60. The molecule has 8 nitrogen and oxygen atoms in total. The molecule has 0 aliphatic carbocycles. The van der Waals surface area contributed by atoms with E-state index in [1.54, 1.807) is 21.3 Å². The van der Waals surface area contributed by atoms with Crippen molar-refractivity contribution in [2.24, 2.45) is 0 Å². The van der Waals surface area contributed by atoms with E-state index in [0.29, 0.717) is 13.2 Å². The van der Waals surface area contributed by atoms with Crippen molar-refractivity contribution in [1.29, 1.82) is 0 Å². The van der Waals surface area contributed by atoms with Crippen LogP contribution in [0.3, 0.4) is 0 Å². The molecular formula is C14H31NO7Si2. The molecule has 3 aliphatic rings.